The first-order chi connectivity index (χ1) is 6.11. The van der Waals surface area contributed by atoms with E-state index in [0.717, 1.165) is 13.1 Å². The average Bonchev–Trinajstić information content (AvgIpc) is 2.47. The van der Waals surface area contributed by atoms with E-state index in [0.29, 0.717) is 6.04 Å². The Hall–Kier alpha value is -0.610. The summed E-state index contributed by atoms with van der Waals surface area (Å²) < 4.78 is 0. The molecule has 1 saturated heterocycles. The van der Waals surface area contributed by atoms with Gasteiger partial charge in [0.1, 0.15) is 0 Å². The normalized spacial score (nSPS) is 25.9. The first-order valence-electron chi connectivity index (χ1n) is 4.85. The standard InChI is InChI=1S/C9H19N3O/c1-7(10)9(13)11-6-8-4-3-5-12(8)2/h7-8H,3-6,10H2,1-2H3,(H,11,13). The maximum absolute atomic E-state index is 11.2. The summed E-state index contributed by atoms with van der Waals surface area (Å²) in [4.78, 5) is 13.4. The fourth-order valence-corrected chi connectivity index (χ4v) is 1.62. The van der Waals surface area contributed by atoms with Gasteiger partial charge in [-0.25, -0.2) is 0 Å². The number of likely N-dealkylation sites (tertiary alicyclic amines) is 1. The SMILES string of the molecule is CC(N)C(=O)NCC1CCCN1C. The van der Waals surface area contributed by atoms with Gasteiger partial charge in [0.25, 0.3) is 0 Å². The van der Waals surface area contributed by atoms with Crippen molar-refractivity contribution in [2.45, 2.75) is 31.8 Å². The molecule has 0 radical (unpaired) electrons. The van der Waals surface area contributed by atoms with E-state index in [1.54, 1.807) is 6.92 Å². The molecule has 0 spiro atoms. The Morgan fingerprint density at radius 3 is 2.92 bits per heavy atom. The molecule has 1 fully saturated rings. The molecule has 1 aliphatic rings. The predicted molar refractivity (Wildman–Crippen MR) is 52.3 cm³/mol. The van der Waals surface area contributed by atoms with E-state index in [9.17, 15) is 4.79 Å². The molecule has 1 aliphatic heterocycles. The van der Waals surface area contributed by atoms with Gasteiger partial charge >= 0.3 is 0 Å². The molecule has 1 amide bonds. The summed E-state index contributed by atoms with van der Waals surface area (Å²) in [6.07, 6.45) is 2.41. The smallest absolute Gasteiger partial charge is 0.236 e. The van der Waals surface area contributed by atoms with E-state index in [2.05, 4.69) is 17.3 Å². The minimum atomic E-state index is -0.397. The molecule has 3 N–H and O–H groups in total. The van der Waals surface area contributed by atoms with Crippen molar-refractivity contribution in [2.75, 3.05) is 20.1 Å². The van der Waals surface area contributed by atoms with Crippen LogP contribution in [0.2, 0.25) is 0 Å². The summed E-state index contributed by atoms with van der Waals surface area (Å²) in [5, 5.41) is 2.85. The third-order valence-corrected chi connectivity index (χ3v) is 2.60. The Balaban J connectivity index is 2.22. The van der Waals surface area contributed by atoms with E-state index in [1.807, 2.05) is 0 Å². The molecule has 76 valence electrons. The van der Waals surface area contributed by atoms with Gasteiger partial charge in [-0.1, -0.05) is 0 Å². The lowest BCUT2D eigenvalue weighted by molar-refractivity contribution is -0.122. The van der Waals surface area contributed by atoms with Gasteiger partial charge < -0.3 is 16.0 Å². The highest BCUT2D eigenvalue weighted by atomic mass is 16.2. The van der Waals surface area contributed by atoms with Gasteiger partial charge in [0.15, 0.2) is 0 Å². The third kappa shape index (κ3) is 2.97. The van der Waals surface area contributed by atoms with Crippen LogP contribution < -0.4 is 11.1 Å². The molecule has 0 bridgehead atoms. The molecule has 13 heavy (non-hydrogen) atoms. The zero-order chi connectivity index (χ0) is 9.84. The number of carbonyl (C=O) groups is 1. The highest BCUT2D eigenvalue weighted by molar-refractivity contribution is 5.80. The molecular formula is C9H19N3O. The number of nitrogens with one attached hydrogen (secondary N) is 1. The van der Waals surface area contributed by atoms with Gasteiger partial charge in [0, 0.05) is 12.6 Å². The van der Waals surface area contributed by atoms with Crippen molar-refractivity contribution in [1.82, 2.24) is 10.2 Å². The van der Waals surface area contributed by atoms with Crippen molar-refractivity contribution in [3.05, 3.63) is 0 Å². The summed E-state index contributed by atoms with van der Waals surface area (Å²) in [5.41, 5.74) is 5.43. The van der Waals surface area contributed by atoms with Crippen LogP contribution in [0.4, 0.5) is 0 Å². The number of nitrogens with two attached hydrogens (primary N) is 1. The number of amides is 1. The van der Waals surface area contributed by atoms with Crippen LogP contribution in [0.1, 0.15) is 19.8 Å². The van der Waals surface area contributed by atoms with Crippen molar-refractivity contribution in [1.29, 1.82) is 0 Å². The van der Waals surface area contributed by atoms with E-state index >= 15 is 0 Å². The maximum Gasteiger partial charge on any atom is 0.236 e. The second kappa shape index (κ2) is 4.58. The first-order valence-corrected chi connectivity index (χ1v) is 4.85. The molecule has 0 aliphatic carbocycles. The van der Waals surface area contributed by atoms with Crippen LogP contribution in [0.15, 0.2) is 0 Å². The quantitative estimate of drug-likeness (QED) is 0.626. The molecule has 1 rings (SSSR count). The highest BCUT2D eigenvalue weighted by Crippen LogP contribution is 2.13. The molecule has 0 aromatic rings. The molecule has 2 atom stereocenters. The van der Waals surface area contributed by atoms with Crippen LogP contribution in [-0.4, -0.2) is 43.0 Å². The van der Waals surface area contributed by atoms with Crippen molar-refractivity contribution in [3.63, 3.8) is 0 Å². The lowest BCUT2D eigenvalue weighted by atomic mass is 10.2. The summed E-state index contributed by atoms with van der Waals surface area (Å²) >= 11 is 0. The monoisotopic (exact) mass is 185 g/mol. The summed E-state index contributed by atoms with van der Waals surface area (Å²) in [6.45, 7) is 3.57. The van der Waals surface area contributed by atoms with Gasteiger partial charge in [0.2, 0.25) is 5.91 Å². The average molecular weight is 185 g/mol. The van der Waals surface area contributed by atoms with Crippen LogP contribution in [-0.2, 0) is 4.79 Å². The number of likely N-dealkylation sites (N-methyl/N-ethyl adjacent to an activating group) is 1. The summed E-state index contributed by atoms with van der Waals surface area (Å²) in [6, 6.07) is 0.106. The first kappa shape index (κ1) is 10.5. The zero-order valence-electron chi connectivity index (χ0n) is 8.42. The second-order valence-electron chi connectivity index (χ2n) is 3.81. The van der Waals surface area contributed by atoms with Gasteiger partial charge in [-0.3, -0.25) is 4.79 Å². The third-order valence-electron chi connectivity index (χ3n) is 2.60. The molecular weight excluding hydrogens is 166 g/mol. The van der Waals surface area contributed by atoms with E-state index in [4.69, 9.17) is 5.73 Å². The Bertz CT molecular complexity index is 182. The zero-order valence-corrected chi connectivity index (χ0v) is 8.42. The largest absolute Gasteiger partial charge is 0.353 e. The molecule has 4 heteroatoms. The molecule has 1 heterocycles. The van der Waals surface area contributed by atoms with Gasteiger partial charge in [0.05, 0.1) is 6.04 Å². The van der Waals surface area contributed by atoms with E-state index in [-0.39, 0.29) is 5.91 Å². The van der Waals surface area contributed by atoms with Gasteiger partial charge in [-0.2, -0.15) is 0 Å². The van der Waals surface area contributed by atoms with Crippen molar-refractivity contribution in [2.24, 2.45) is 5.73 Å². The van der Waals surface area contributed by atoms with Crippen LogP contribution in [0.25, 0.3) is 0 Å². The van der Waals surface area contributed by atoms with Crippen LogP contribution in [0.5, 0.6) is 0 Å². The van der Waals surface area contributed by atoms with Gasteiger partial charge in [-0.15, -0.1) is 0 Å². The fourth-order valence-electron chi connectivity index (χ4n) is 1.62. The summed E-state index contributed by atoms with van der Waals surface area (Å²) in [5.74, 6) is -0.0553. The van der Waals surface area contributed by atoms with E-state index in [1.165, 1.54) is 12.8 Å². The van der Waals surface area contributed by atoms with Crippen LogP contribution in [0, 0.1) is 0 Å². The Morgan fingerprint density at radius 1 is 1.77 bits per heavy atom. The second-order valence-corrected chi connectivity index (χ2v) is 3.81. The van der Waals surface area contributed by atoms with Crippen LogP contribution in [0.3, 0.4) is 0 Å². The fraction of sp³-hybridized carbons (Fsp3) is 0.889. The molecule has 0 saturated carbocycles. The number of carbonyl (C=O) groups excluding carboxylic acids is 1. The highest BCUT2D eigenvalue weighted by Gasteiger charge is 2.21. The minimum Gasteiger partial charge on any atom is -0.353 e. The molecule has 2 unspecified atom stereocenters. The van der Waals surface area contributed by atoms with Crippen molar-refractivity contribution in [3.8, 4) is 0 Å². The molecule has 4 nitrogen and oxygen atoms in total. The molecule has 0 aromatic heterocycles. The lowest BCUT2D eigenvalue weighted by Gasteiger charge is -2.20. The minimum absolute atomic E-state index is 0.0553. The Kier molecular flexibility index (Phi) is 3.69. The lowest BCUT2D eigenvalue weighted by Crippen LogP contribution is -2.44. The van der Waals surface area contributed by atoms with Crippen molar-refractivity contribution < 1.29 is 4.79 Å². The Morgan fingerprint density at radius 2 is 2.46 bits per heavy atom. The van der Waals surface area contributed by atoms with Crippen molar-refractivity contribution >= 4 is 5.91 Å². The predicted octanol–water partition coefficient (Wildman–Crippen LogP) is -0.456. The maximum atomic E-state index is 11.2. The number of nitrogens with zero attached hydrogens (tertiary/aromatic N) is 1. The van der Waals surface area contributed by atoms with E-state index < -0.39 is 6.04 Å². The van der Waals surface area contributed by atoms with Gasteiger partial charge in [-0.05, 0) is 33.4 Å². The molecule has 0 aromatic carbocycles. The number of rotatable bonds is 3. The number of hydrogen-bond acceptors (Lipinski definition) is 3. The Labute approximate surface area is 79.5 Å². The topological polar surface area (TPSA) is 58.4 Å². The number of hydrogen-bond donors (Lipinski definition) is 2. The van der Waals surface area contributed by atoms with Crippen LogP contribution >= 0.6 is 0 Å². The summed E-state index contributed by atoms with van der Waals surface area (Å²) in [7, 11) is 2.09.